The number of nitrogens with zero attached hydrogens (tertiary/aromatic N) is 3. The summed E-state index contributed by atoms with van der Waals surface area (Å²) in [5.74, 6) is -0.278. The zero-order chi connectivity index (χ0) is 22.1. The molecule has 0 saturated heterocycles. The smallest absolute Gasteiger partial charge is 0.261 e. The summed E-state index contributed by atoms with van der Waals surface area (Å²) in [6.07, 6.45) is 2.17. The molecule has 0 unspecified atom stereocenters. The highest BCUT2D eigenvalue weighted by Gasteiger charge is 2.10. The maximum Gasteiger partial charge on any atom is 0.261 e. The van der Waals surface area contributed by atoms with Crippen molar-refractivity contribution in [2.75, 3.05) is 5.32 Å². The summed E-state index contributed by atoms with van der Waals surface area (Å²) in [6, 6.07) is 21.3. The van der Waals surface area contributed by atoms with Crippen LogP contribution in [0.2, 0.25) is 0 Å². The Hall–Kier alpha value is -3.84. The lowest BCUT2D eigenvalue weighted by Gasteiger charge is -2.09. The molecular weight excluding hydrogens is 420 g/mol. The van der Waals surface area contributed by atoms with Gasteiger partial charge in [-0.15, -0.1) is 11.3 Å². The van der Waals surface area contributed by atoms with Crippen LogP contribution in [0.1, 0.15) is 16.1 Å². The highest BCUT2D eigenvalue weighted by molar-refractivity contribution is 7.18. The Balaban J connectivity index is 1.26. The summed E-state index contributed by atoms with van der Waals surface area (Å²) in [5.41, 5.74) is 4.19. The van der Waals surface area contributed by atoms with E-state index >= 15 is 0 Å². The molecule has 0 spiro atoms. The van der Waals surface area contributed by atoms with E-state index in [0.717, 1.165) is 28.1 Å². The summed E-state index contributed by atoms with van der Waals surface area (Å²) in [5, 5.41) is 4.42. The second kappa shape index (κ2) is 8.36. The number of benzene rings is 3. The normalized spacial score (nSPS) is 11.2. The van der Waals surface area contributed by atoms with Crippen molar-refractivity contribution in [1.82, 2.24) is 14.5 Å². The zero-order valence-electron chi connectivity index (χ0n) is 17.4. The number of thiazole rings is 1. The van der Waals surface area contributed by atoms with Gasteiger partial charge in [0.2, 0.25) is 5.91 Å². The summed E-state index contributed by atoms with van der Waals surface area (Å²) >= 11 is 1.69. The second-order valence-corrected chi connectivity index (χ2v) is 8.76. The van der Waals surface area contributed by atoms with Crippen molar-refractivity contribution < 1.29 is 4.79 Å². The molecule has 7 heteroatoms. The number of nitrogens with one attached hydrogen (secondary N) is 1. The molecule has 5 aromatic rings. The quantitative estimate of drug-likeness (QED) is 0.435. The van der Waals surface area contributed by atoms with E-state index in [1.54, 1.807) is 17.4 Å². The van der Waals surface area contributed by atoms with Gasteiger partial charge in [0.25, 0.3) is 5.56 Å². The van der Waals surface area contributed by atoms with Gasteiger partial charge in [-0.2, -0.15) is 0 Å². The maximum absolute atomic E-state index is 12.7. The van der Waals surface area contributed by atoms with Gasteiger partial charge in [-0.3, -0.25) is 14.2 Å². The van der Waals surface area contributed by atoms with Gasteiger partial charge in [0.15, 0.2) is 0 Å². The largest absolute Gasteiger partial charge is 0.325 e. The van der Waals surface area contributed by atoms with E-state index in [1.807, 2.05) is 61.5 Å². The van der Waals surface area contributed by atoms with Crippen LogP contribution in [0, 0.1) is 6.92 Å². The van der Waals surface area contributed by atoms with Gasteiger partial charge in [-0.25, -0.2) is 9.97 Å². The van der Waals surface area contributed by atoms with E-state index in [0.29, 0.717) is 16.6 Å². The molecule has 158 valence electrons. The van der Waals surface area contributed by atoms with Crippen LogP contribution in [0.4, 0.5) is 5.69 Å². The van der Waals surface area contributed by atoms with Gasteiger partial charge in [0, 0.05) is 12.1 Å². The molecule has 0 saturated carbocycles. The molecule has 0 aliphatic carbocycles. The minimum absolute atomic E-state index is 0.0941. The van der Waals surface area contributed by atoms with E-state index in [2.05, 4.69) is 21.4 Å². The van der Waals surface area contributed by atoms with Crippen molar-refractivity contribution in [1.29, 1.82) is 0 Å². The highest BCUT2D eigenvalue weighted by atomic mass is 32.1. The molecule has 0 aliphatic rings. The van der Waals surface area contributed by atoms with Gasteiger partial charge >= 0.3 is 0 Å². The molecule has 0 bridgehead atoms. The predicted octanol–water partition coefficient (Wildman–Crippen LogP) is 4.54. The third kappa shape index (κ3) is 4.02. The summed E-state index contributed by atoms with van der Waals surface area (Å²) < 4.78 is 2.51. The number of hydrogen-bond acceptors (Lipinski definition) is 5. The minimum Gasteiger partial charge on any atom is -0.325 e. The molecule has 0 fully saturated rings. The van der Waals surface area contributed by atoms with Gasteiger partial charge < -0.3 is 5.32 Å². The first-order valence-electron chi connectivity index (χ1n) is 10.2. The van der Waals surface area contributed by atoms with Crippen molar-refractivity contribution in [3.8, 4) is 0 Å². The van der Waals surface area contributed by atoms with Gasteiger partial charge in [-0.05, 0) is 48.4 Å². The number of anilines is 1. The van der Waals surface area contributed by atoms with E-state index in [9.17, 15) is 9.59 Å². The summed E-state index contributed by atoms with van der Waals surface area (Å²) in [4.78, 5) is 34.2. The zero-order valence-corrected chi connectivity index (χ0v) is 18.2. The molecule has 0 radical (unpaired) electrons. The van der Waals surface area contributed by atoms with Crippen LogP contribution in [0.5, 0.6) is 0 Å². The van der Waals surface area contributed by atoms with E-state index in [-0.39, 0.29) is 18.0 Å². The molecule has 2 heterocycles. The Morgan fingerprint density at radius 3 is 2.66 bits per heavy atom. The molecular formula is C25H20N4O2S. The molecule has 2 aromatic heterocycles. The van der Waals surface area contributed by atoms with Crippen LogP contribution < -0.4 is 10.9 Å². The number of para-hydroxylation sites is 2. The fourth-order valence-corrected chi connectivity index (χ4v) is 4.68. The third-order valence-electron chi connectivity index (χ3n) is 5.30. The van der Waals surface area contributed by atoms with E-state index in [1.165, 1.54) is 15.6 Å². The van der Waals surface area contributed by atoms with Crippen molar-refractivity contribution in [3.63, 3.8) is 0 Å². The summed E-state index contributed by atoms with van der Waals surface area (Å²) in [7, 11) is 0. The molecule has 3 aromatic carbocycles. The first kappa shape index (κ1) is 20.1. The van der Waals surface area contributed by atoms with Crippen molar-refractivity contribution in [3.05, 3.63) is 99.5 Å². The number of hydrogen-bond donors (Lipinski definition) is 1. The van der Waals surface area contributed by atoms with Gasteiger partial charge in [-0.1, -0.05) is 36.4 Å². The van der Waals surface area contributed by atoms with Crippen LogP contribution in [0.25, 0.3) is 21.1 Å². The minimum atomic E-state index is -0.278. The van der Waals surface area contributed by atoms with Crippen LogP contribution >= 0.6 is 11.3 Å². The average Bonchev–Trinajstić information content (AvgIpc) is 3.20. The van der Waals surface area contributed by atoms with Crippen LogP contribution in [-0.2, 0) is 17.8 Å². The fraction of sp³-hybridized carbons (Fsp3) is 0.120. The Morgan fingerprint density at radius 1 is 1.03 bits per heavy atom. The maximum atomic E-state index is 12.7. The first-order chi connectivity index (χ1) is 15.6. The van der Waals surface area contributed by atoms with Gasteiger partial charge in [0.05, 0.1) is 32.5 Å². The average molecular weight is 441 g/mol. The highest BCUT2D eigenvalue weighted by Crippen LogP contribution is 2.24. The SMILES string of the molecule is Cc1cccc2c(=O)n(CC(=O)Nc3ccc(Cc4nc5ccccc5s4)cc3)cnc12. The lowest BCUT2D eigenvalue weighted by atomic mass is 10.1. The predicted molar refractivity (Wildman–Crippen MR) is 128 cm³/mol. The van der Waals surface area contributed by atoms with E-state index in [4.69, 9.17) is 0 Å². The van der Waals surface area contributed by atoms with Crippen molar-refractivity contribution in [2.45, 2.75) is 19.9 Å². The van der Waals surface area contributed by atoms with Crippen LogP contribution in [-0.4, -0.2) is 20.4 Å². The monoisotopic (exact) mass is 440 g/mol. The second-order valence-electron chi connectivity index (χ2n) is 7.65. The van der Waals surface area contributed by atoms with E-state index < -0.39 is 0 Å². The van der Waals surface area contributed by atoms with Crippen LogP contribution in [0.15, 0.2) is 77.9 Å². The molecule has 5 rings (SSSR count). The molecule has 0 atom stereocenters. The molecule has 1 amide bonds. The summed E-state index contributed by atoms with van der Waals surface area (Å²) in [6.45, 7) is 1.81. The van der Waals surface area contributed by atoms with Crippen molar-refractivity contribution in [2.24, 2.45) is 0 Å². The molecule has 32 heavy (non-hydrogen) atoms. The molecule has 1 N–H and O–H groups in total. The number of aromatic nitrogens is 3. The topological polar surface area (TPSA) is 76.9 Å². The number of amides is 1. The van der Waals surface area contributed by atoms with Crippen molar-refractivity contribution >= 4 is 44.1 Å². The Morgan fingerprint density at radius 2 is 1.84 bits per heavy atom. The Bertz CT molecular complexity index is 1470. The molecule has 0 aliphatic heterocycles. The van der Waals surface area contributed by atoms with Gasteiger partial charge in [0.1, 0.15) is 6.54 Å². The number of rotatable bonds is 5. The first-order valence-corrected chi connectivity index (χ1v) is 11.1. The lowest BCUT2D eigenvalue weighted by molar-refractivity contribution is -0.116. The third-order valence-corrected chi connectivity index (χ3v) is 6.34. The fourth-order valence-electron chi connectivity index (χ4n) is 3.68. The standard InChI is InChI=1S/C25H20N4O2S/c1-16-5-4-6-19-24(16)26-15-29(25(19)31)14-22(30)27-18-11-9-17(10-12-18)13-23-28-20-7-2-3-8-21(20)32-23/h2-12,15H,13-14H2,1H3,(H,27,30). The Labute approximate surface area is 188 Å². The Kier molecular flexibility index (Phi) is 5.25. The number of carbonyl (C=O) groups is 1. The lowest BCUT2D eigenvalue weighted by Crippen LogP contribution is -2.28. The number of aryl methyl sites for hydroxylation is 1. The number of fused-ring (bicyclic) bond motifs is 2. The molecule has 6 nitrogen and oxygen atoms in total. The van der Waals surface area contributed by atoms with Crippen LogP contribution in [0.3, 0.4) is 0 Å². The number of carbonyl (C=O) groups excluding carboxylic acids is 1.